The highest BCUT2D eigenvalue weighted by molar-refractivity contribution is 6.09. The Labute approximate surface area is 139 Å². The molecule has 1 amide bonds. The molecule has 1 aromatic heterocycles. The molecule has 0 spiro atoms. The molecule has 24 heavy (non-hydrogen) atoms. The smallest absolute Gasteiger partial charge is 0.322 e. The maximum Gasteiger partial charge on any atom is 0.322 e. The summed E-state index contributed by atoms with van der Waals surface area (Å²) in [6, 6.07) is 7.50. The van der Waals surface area contributed by atoms with Crippen LogP contribution in [0.5, 0.6) is 0 Å². The largest absolute Gasteiger partial charge is 0.379 e. The minimum absolute atomic E-state index is 0.0583. The molecule has 0 aliphatic carbocycles. The van der Waals surface area contributed by atoms with Crippen LogP contribution in [0.25, 0.3) is 0 Å². The van der Waals surface area contributed by atoms with Gasteiger partial charge < -0.3 is 10.2 Å². The molecule has 0 bridgehead atoms. The lowest BCUT2D eigenvalue weighted by molar-refractivity contribution is -0.385. The highest BCUT2D eigenvalue weighted by Crippen LogP contribution is 2.34. The lowest BCUT2D eigenvalue weighted by Gasteiger charge is -2.37. The lowest BCUT2D eigenvalue weighted by Crippen LogP contribution is -2.47. The van der Waals surface area contributed by atoms with Gasteiger partial charge in [0.25, 0.3) is 5.91 Å². The summed E-state index contributed by atoms with van der Waals surface area (Å²) in [5.41, 5.74) is 1.39. The average molecular weight is 329 g/mol. The number of hydrogen-bond donors (Lipinski definition) is 2. The average Bonchev–Trinajstić information content (AvgIpc) is 2.94. The van der Waals surface area contributed by atoms with Gasteiger partial charge in [0.1, 0.15) is 5.69 Å². The van der Waals surface area contributed by atoms with E-state index in [1.807, 2.05) is 24.3 Å². The fourth-order valence-electron chi connectivity index (χ4n) is 2.86. The molecule has 1 aliphatic rings. The summed E-state index contributed by atoms with van der Waals surface area (Å²) in [5, 5.41) is 21.1. The number of carbonyl (C=O) groups excluding carboxylic acids is 1. The Balaban J connectivity index is 2.05. The van der Waals surface area contributed by atoms with Gasteiger partial charge in [-0.3, -0.25) is 20.0 Å². The van der Waals surface area contributed by atoms with Crippen molar-refractivity contribution in [2.24, 2.45) is 5.92 Å². The summed E-state index contributed by atoms with van der Waals surface area (Å²) < 4.78 is 0. The first-order valence-corrected chi connectivity index (χ1v) is 7.77. The quantitative estimate of drug-likeness (QED) is 0.665. The van der Waals surface area contributed by atoms with Crippen molar-refractivity contribution in [3.63, 3.8) is 0 Å². The highest BCUT2D eigenvalue weighted by Gasteiger charge is 2.35. The van der Waals surface area contributed by atoms with Gasteiger partial charge in [-0.2, -0.15) is 5.10 Å². The van der Waals surface area contributed by atoms with Crippen LogP contribution in [-0.4, -0.2) is 33.6 Å². The van der Waals surface area contributed by atoms with E-state index in [-0.39, 0.29) is 23.1 Å². The summed E-state index contributed by atoms with van der Waals surface area (Å²) in [6.07, 6.45) is 0. The summed E-state index contributed by atoms with van der Waals surface area (Å²) in [5.74, 6) is -0.171. The molecule has 0 unspecified atom stereocenters. The number of anilines is 2. The molecule has 1 aromatic carbocycles. The molecule has 126 valence electrons. The Morgan fingerprint density at radius 3 is 2.79 bits per heavy atom. The van der Waals surface area contributed by atoms with Gasteiger partial charge >= 0.3 is 5.69 Å². The van der Waals surface area contributed by atoms with Crippen molar-refractivity contribution < 1.29 is 9.72 Å². The number of carbonyl (C=O) groups is 1. The number of amides is 1. The summed E-state index contributed by atoms with van der Waals surface area (Å²) in [7, 11) is 0. The molecule has 8 heteroatoms. The number of benzene rings is 1. The number of nitrogens with zero attached hydrogens (tertiary/aromatic N) is 3. The summed E-state index contributed by atoms with van der Waals surface area (Å²) >= 11 is 0. The van der Waals surface area contributed by atoms with Gasteiger partial charge in [0.05, 0.1) is 16.3 Å². The van der Waals surface area contributed by atoms with Gasteiger partial charge in [0, 0.05) is 12.6 Å². The Hall–Kier alpha value is -2.90. The second kappa shape index (κ2) is 5.95. The van der Waals surface area contributed by atoms with Crippen LogP contribution in [0.1, 0.15) is 30.0 Å². The van der Waals surface area contributed by atoms with Crippen LogP contribution < -0.4 is 10.2 Å². The van der Waals surface area contributed by atoms with Crippen molar-refractivity contribution in [1.82, 2.24) is 10.2 Å². The maximum absolute atomic E-state index is 13.0. The number of nitro groups is 1. The molecule has 1 atom stereocenters. The first kappa shape index (κ1) is 16.0. The van der Waals surface area contributed by atoms with E-state index in [0.717, 1.165) is 5.69 Å². The van der Waals surface area contributed by atoms with Gasteiger partial charge in [-0.25, -0.2) is 0 Å². The van der Waals surface area contributed by atoms with E-state index in [0.29, 0.717) is 18.2 Å². The molecule has 0 saturated carbocycles. The molecule has 0 fully saturated rings. The number of rotatable bonds is 3. The number of fused-ring (bicyclic) bond motifs is 1. The minimum atomic E-state index is -0.569. The van der Waals surface area contributed by atoms with Crippen molar-refractivity contribution in [2.45, 2.75) is 26.8 Å². The fraction of sp³-hybridized carbons (Fsp3) is 0.375. The predicted molar refractivity (Wildman–Crippen MR) is 90.3 cm³/mol. The van der Waals surface area contributed by atoms with Crippen molar-refractivity contribution >= 4 is 23.0 Å². The first-order chi connectivity index (χ1) is 11.4. The predicted octanol–water partition coefficient (Wildman–Crippen LogP) is 2.72. The van der Waals surface area contributed by atoms with E-state index >= 15 is 0 Å². The van der Waals surface area contributed by atoms with Crippen LogP contribution in [0.2, 0.25) is 0 Å². The minimum Gasteiger partial charge on any atom is -0.379 e. The first-order valence-electron chi connectivity index (χ1n) is 7.77. The van der Waals surface area contributed by atoms with Crippen molar-refractivity contribution in [2.75, 3.05) is 16.8 Å². The number of hydrogen-bond acceptors (Lipinski definition) is 5. The van der Waals surface area contributed by atoms with E-state index in [4.69, 9.17) is 0 Å². The molecule has 2 aromatic rings. The Kier molecular flexibility index (Phi) is 3.96. The molecule has 0 radical (unpaired) electrons. The normalized spacial score (nSPS) is 16.7. The van der Waals surface area contributed by atoms with E-state index in [9.17, 15) is 14.9 Å². The third-order valence-corrected chi connectivity index (χ3v) is 4.26. The molecule has 8 nitrogen and oxygen atoms in total. The van der Waals surface area contributed by atoms with E-state index in [1.165, 1.54) is 6.92 Å². The SMILES string of the molecule is Cc1[nH]nc(C(=O)N2C[C@@H](C(C)C)Nc3ccccc32)c1[N+](=O)[O-]. The third-order valence-electron chi connectivity index (χ3n) is 4.26. The Morgan fingerprint density at radius 1 is 1.42 bits per heavy atom. The second-order valence-electron chi connectivity index (χ2n) is 6.23. The van der Waals surface area contributed by atoms with Crippen molar-refractivity contribution in [3.05, 3.63) is 45.8 Å². The van der Waals surface area contributed by atoms with E-state index < -0.39 is 10.8 Å². The van der Waals surface area contributed by atoms with Crippen LogP contribution in [0.4, 0.5) is 17.1 Å². The second-order valence-corrected chi connectivity index (χ2v) is 6.23. The zero-order valence-electron chi connectivity index (χ0n) is 13.7. The summed E-state index contributed by atoms with van der Waals surface area (Å²) in [6.45, 7) is 6.09. The number of nitrogens with one attached hydrogen (secondary N) is 2. The monoisotopic (exact) mass is 329 g/mol. The molecule has 2 heterocycles. The van der Waals surface area contributed by atoms with Gasteiger partial charge in [-0.05, 0) is 25.0 Å². The van der Waals surface area contributed by atoms with Crippen LogP contribution in [0, 0.1) is 23.0 Å². The Morgan fingerprint density at radius 2 is 2.12 bits per heavy atom. The van der Waals surface area contributed by atoms with Crippen molar-refractivity contribution in [1.29, 1.82) is 0 Å². The van der Waals surface area contributed by atoms with E-state index in [1.54, 1.807) is 4.90 Å². The topological polar surface area (TPSA) is 104 Å². The molecule has 0 saturated heterocycles. The number of H-pyrrole nitrogens is 1. The van der Waals surface area contributed by atoms with Gasteiger partial charge in [-0.1, -0.05) is 26.0 Å². The molecular weight excluding hydrogens is 310 g/mol. The number of aromatic amines is 1. The molecular formula is C16H19N5O3. The third kappa shape index (κ3) is 2.60. The van der Waals surface area contributed by atoms with Gasteiger partial charge in [0.15, 0.2) is 0 Å². The maximum atomic E-state index is 13.0. The van der Waals surface area contributed by atoms with Crippen LogP contribution >= 0.6 is 0 Å². The standard InChI is InChI=1S/C16H19N5O3/c1-9(2)12-8-20(13-7-5-4-6-11(13)17-12)16(22)14-15(21(23)24)10(3)18-19-14/h4-7,9,12,17H,8H2,1-3H3,(H,18,19)/t12-/m0/s1. The molecule has 1 aliphatic heterocycles. The van der Waals surface area contributed by atoms with Gasteiger partial charge in [0.2, 0.25) is 5.69 Å². The Bertz CT molecular complexity index is 799. The van der Waals surface area contributed by atoms with E-state index in [2.05, 4.69) is 29.4 Å². The van der Waals surface area contributed by atoms with Gasteiger partial charge in [-0.15, -0.1) is 0 Å². The van der Waals surface area contributed by atoms with Crippen LogP contribution in [-0.2, 0) is 0 Å². The lowest BCUT2D eigenvalue weighted by atomic mass is 9.99. The zero-order valence-corrected chi connectivity index (χ0v) is 13.7. The highest BCUT2D eigenvalue weighted by atomic mass is 16.6. The van der Waals surface area contributed by atoms with Crippen molar-refractivity contribution in [3.8, 4) is 0 Å². The van der Waals surface area contributed by atoms with Crippen LogP contribution in [0.15, 0.2) is 24.3 Å². The summed E-state index contributed by atoms with van der Waals surface area (Å²) in [4.78, 5) is 25.3. The zero-order chi connectivity index (χ0) is 17.4. The number of para-hydroxylation sites is 2. The van der Waals surface area contributed by atoms with Crippen LogP contribution in [0.3, 0.4) is 0 Å². The number of aromatic nitrogens is 2. The molecule has 2 N–H and O–H groups in total. The fourth-order valence-corrected chi connectivity index (χ4v) is 2.86. The number of aryl methyl sites for hydroxylation is 1. The molecule has 3 rings (SSSR count).